The van der Waals surface area contributed by atoms with Gasteiger partial charge in [-0.1, -0.05) is 18.2 Å². The van der Waals surface area contributed by atoms with E-state index >= 15 is 0 Å². The highest BCUT2D eigenvalue weighted by Gasteiger charge is 2.10. The molecule has 0 radical (unpaired) electrons. The number of aliphatic hydroxyl groups excluding tert-OH is 1. The largest absolute Gasteiger partial charge is 0.389 e. The lowest BCUT2D eigenvalue weighted by atomic mass is 10.2. The summed E-state index contributed by atoms with van der Waals surface area (Å²) in [5, 5.41) is 9.93. The van der Waals surface area contributed by atoms with Gasteiger partial charge >= 0.3 is 0 Å². The van der Waals surface area contributed by atoms with E-state index in [0.717, 1.165) is 0 Å². The molecule has 5 nitrogen and oxygen atoms in total. The van der Waals surface area contributed by atoms with E-state index in [4.69, 9.17) is 4.74 Å². The molecule has 0 amide bonds. The van der Waals surface area contributed by atoms with E-state index in [-0.39, 0.29) is 31.1 Å². The second-order valence-electron chi connectivity index (χ2n) is 5.17. The van der Waals surface area contributed by atoms with E-state index < -0.39 is 6.10 Å². The summed E-state index contributed by atoms with van der Waals surface area (Å²) in [6, 6.07) is 6.31. The monoisotopic (exact) mass is 306 g/mol. The second kappa shape index (κ2) is 7.29. The van der Waals surface area contributed by atoms with Gasteiger partial charge in [-0.3, -0.25) is 9.36 Å². The maximum absolute atomic E-state index is 13.4. The van der Waals surface area contributed by atoms with Crippen LogP contribution in [-0.4, -0.2) is 27.4 Å². The van der Waals surface area contributed by atoms with E-state index in [9.17, 15) is 14.3 Å². The fourth-order valence-corrected chi connectivity index (χ4v) is 2.01. The lowest BCUT2D eigenvalue weighted by molar-refractivity contribution is 0.0188. The zero-order valence-corrected chi connectivity index (χ0v) is 12.6. The minimum Gasteiger partial charge on any atom is -0.389 e. The third-order valence-corrected chi connectivity index (χ3v) is 3.45. The molecule has 0 saturated heterocycles. The number of aryl methyl sites for hydroxylation is 1. The van der Waals surface area contributed by atoms with Gasteiger partial charge in [0.15, 0.2) is 0 Å². The molecule has 6 heteroatoms. The fraction of sp³-hybridized carbons (Fsp3) is 0.375. The van der Waals surface area contributed by atoms with Gasteiger partial charge in [-0.15, -0.1) is 0 Å². The van der Waals surface area contributed by atoms with Crippen LogP contribution in [0.1, 0.15) is 16.8 Å². The van der Waals surface area contributed by atoms with Crippen molar-refractivity contribution in [2.45, 2.75) is 33.1 Å². The Balaban J connectivity index is 1.89. The molecular weight excluding hydrogens is 287 g/mol. The van der Waals surface area contributed by atoms with Crippen molar-refractivity contribution < 1.29 is 14.2 Å². The van der Waals surface area contributed by atoms with Crippen LogP contribution in [0.25, 0.3) is 0 Å². The first-order chi connectivity index (χ1) is 10.5. The van der Waals surface area contributed by atoms with Crippen LogP contribution in [0.2, 0.25) is 0 Å². The van der Waals surface area contributed by atoms with Crippen molar-refractivity contribution in [1.82, 2.24) is 9.55 Å². The number of aliphatic hydroxyl groups is 1. The van der Waals surface area contributed by atoms with E-state index in [1.807, 2.05) is 0 Å². The maximum Gasteiger partial charge on any atom is 0.256 e. The number of ether oxygens (including phenoxy) is 1. The van der Waals surface area contributed by atoms with Crippen molar-refractivity contribution in [1.29, 1.82) is 0 Å². The second-order valence-corrected chi connectivity index (χ2v) is 5.17. The summed E-state index contributed by atoms with van der Waals surface area (Å²) in [4.78, 5) is 16.1. The molecule has 1 N–H and O–H groups in total. The van der Waals surface area contributed by atoms with Crippen LogP contribution in [0.5, 0.6) is 0 Å². The van der Waals surface area contributed by atoms with E-state index in [1.165, 1.54) is 17.0 Å². The molecule has 22 heavy (non-hydrogen) atoms. The molecule has 118 valence electrons. The number of hydrogen-bond donors (Lipinski definition) is 1. The molecule has 0 aliphatic heterocycles. The van der Waals surface area contributed by atoms with Gasteiger partial charge in [0.1, 0.15) is 5.82 Å². The quantitative estimate of drug-likeness (QED) is 0.880. The Hall–Kier alpha value is -2.05. The van der Waals surface area contributed by atoms with Gasteiger partial charge in [-0.25, -0.2) is 9.37 Å². The van der Waals surface area contributed by atoms with Gasteiger partial charge < -0.3 is 9.84 Å². The topological polar surface area (TPSA) is 64.3 Å². The van der Waals surface area contributed by atoms with E-state index in [0.29, 0.717) is 16.8 Å². The predicted molar refractivity (Wildman–Crippen MR) is 80.0 cm³/mol. The lowest BCUT2D eigenvalue weighted by Gasteiger charge is -2.14. The molecule has 2 aromatic rings. The third kappa shape index (κ3) is 3.99. The number of rotatable bonds is 6. The third-order valence-electron chi connectivity index (χ3n) is 3.45. The van der Waals surface area contributed by atoms with Crippen LogP contribution >= 0.6 is 0 Å². The highest BCUT2D eigenvalue weighted by atomic mass is 19.1. The smallest absolute Gasteiger partial charge is 0.256 e. The van der Waals surface area contributed by atoms with Crippen LogP contribution in [0, 0.1) is 19.7 Å². The number of aromatic nitrogens is 2. The van der Waals surface area contributed by atoms with Crippen LogP contribution in [0.4, 0.5) is 4.39 Å². The molecule has 1 unspecified atom stereocenters. The molecule has 0 aliphatic carbocycles. The standard InChI is InChI=1S/C16H19FN2O3/c1-11-12(2)18-10-19(16(11)21)7-14(20)9-22-8-13-5-3-4-6-15(13)17/h3-6,10,14,20H,7-9H2,1-2H3. The van der Waals surface area contributed by atoms with Crippen molar-refractivity contribution >= 4 is 0 Å². The molecule has 1 heterocycles. The van der Waals surface area contributed by atoms with Crippen LogP contribution in [0.15, 0.2) is 35.4 Å². The molecule has 0 spiro atoms. The van der Waals surface area contributed by atoms with Crippen molar-refractivity contribution in [3.05, 3.63) is 63.6 Å². The number of halogens is 1. The van der Waals surface area contributed by atoms with Crippen LogP contribution < -0.4 is 5.56 Å². The Bertz CT molecular complexity index is 700. The summed E-state index contributed by atoms with van der Waals surface area (Å²) in [7, 11) is 0. The average Bonchev–Trinajstić information content (AvgIpc) is 2.50. The summed E-state index contributed by atoms with van der Waals surface area (Å²) < 4.78 is 20.0. The summed E-state index contributed by atoms with van der Waals surface area (Å²) in [5.74, 6) is -0.341. The van der Waals surface area contributed by atoms with Gasteiger partial charge in [-0.05, 0) is 19.9 Å². The minimum absolute atomic E-state index is 0.00764. The Morgan fingerprint density at radius 2 is 2.09 bits per heavy atom. The Labute approximate surface area is 128 Å². The lowest BCUT2D eigenvalue weighted by Crippen LogP contribution is -2.31. The Morgan fingerprint density at radius 1 is 1.36 bits per heavy atom. The first-order valence-electron chi connectivity index (χ1n) is 7.01. The molecule has 2 rings (SSSR count). The first kappa shape index (κ1) is 16.3. The molecule has 1 atom stereocenters. The summed E-state index contributed by atoms with van der Waals surface area (Å²) >= 11 is 0. The van der Waals surface area contributed by atoms with Crippen molar-refractivity contribution in [2.24, 2.45) is 0 Å². The molecule has 1 aromatic heterocycles. The summed E-state index contributed by atoms with van der Waals surface area (Å²) in [6.45, 7) is 3.62. The van der Waals surface area contributed by atoms with Gasteiger partial charge in [-0.2, -0.15) is 0 Å². The number of nitrogens with zero attached hydrogens (tertiary/aromatic N) is 2. The molecule has 0 fully saturated rings. The predicted octanol–water partition coefficient (Wildman–Crippen LogP) is 1.58. The zero-order valence-electron chi connectivity index (χ0n) is 12.6. The summed E-state index contributed by atoms with van der Waals surface area (Å²) in [5.41, 5.74) is 1.48. The fourth-order valence-electron chi connectivity index (χ4n) is 2.01. The molecule has 0 aliphatic rings. The van der Waals surface area contributed by atoms with Crippen LogP contribution in [0.3, 0.4) is 0 Å². The SMILES string of the molecule is Cc1ncn(CC(O)COCc2ccccc2F)c(=O)c1C. The van der Waals surface area contributed by atoms with Crippen molar-refractivity contribution in [3.8, 4) is 0 Å². The highest BCUT2D eigenvalue weighted by Crippen LogP contribution is 2.08. The van der Waals surface area contributed by atoms with Gasteiger partial charge in [0.2, 0.25) is 0 Å². The molecule has 0 saturated carbocycles. The number of benzene rings is 1. The molecular formula is C16H19FN2O3. The van der Waals surface area contributed by atoms with Gasteiger partial charge in [0.05, 0.1) is 32.2 Å². The zero-order chi connectivity index (χ0) is 16.1. The van der Waals surface area contributed by atoms with E-state index in [1.54, 1.807) is 32.0 Å². The Kier molecular flexibility index (Phi) is 5.41. The van der Waals surface area contributed by atoms with Crippen molar-refractivity contribution in [2.75, 3.05) is 6.61 Å². The minimum atomic E-state index is -0.867. The van der Waals surface area contributed by atoms with Gasteiger partial charge in [0, 0.05) is 16.8 Å². The maximum atomic E-state index is 13.4. The Morgan fingerprint density at radius 3 is 2.82 bits per heavy atom. The molecule has 0 bridgehead atoms. The van der Waals surface area contributed by atoms with Gasteiger partial charge in [0.25, 0.3) is 5.56 Å². The summed E-state index contributed by atoms with van der Waals surface area (Å²) in [6.07, 6.45) is 0.540. The first-order valence-corrected chi connectivity index (χ1v) is 7.01. The normalized spacial score (nSPS) is 12.4. The van der Waals surface area contributed by atoms with E-state index in [2.05, 4.69) is 4.98 Å². The van der Waals surface area contributed by atoms with Crippen molar-refractivity contribution in [3.63, 3.8) is 0 Å². The number of hydrogen-bond acceptors (Lipinski definition) is 4. The van der Waals surface area contributed by atoms with Crippen LogP contribution in [-0.2, 0) is 17.9 Å². The molecule has 1 aromatic carbocycles. The average molecular weight is 306 g/mol. The highest BCUT2D eigenvalue weighted by molar-refractivity contribution is 5.16.